The molecule has 0 radical (unpaired) electrons. The second-order valence-electron chi connectivity index (χ2n) is 14.4. The Morgan fingerprint density at radius 2 is 1.12 bits per heavy atom. The third-order valence-corrected chi connectivity index (χ3v) is 13.3. The van der Waals surface area contributed by atoms with Gasteiger partial charge in [0, 0.05) is 63.1 Å². The van der Waals surface area contributed by atoms with Crippen molar-refractivity contribution in [1.29, 1.82) is 0 Å². The summed E-state index contributed by atoms with van der Waals surface area (Å²) in [5.41, 5.74) is 10.1. The third kappa shape index (κ3) is 5.35. The molecule has 12 rings (SSSR count). The summed E-state index contributed by atoms with van der Waals surface area (Å²) >= 11 is 3.59. The second-order valence-corrected chi connectivity index (χ2v) is 16.5. The van der Waals surface area contributed by atoms with Crippen LogP contribution in [0.15, 0.2) is 196 Å². The van der Waals surface area contributed by atoms with E-state index in [2.05, 4.69) is 157 Å². The Balaban J connectivity index is 0.997. The number of para-hydroxylation sites is 2. The zero-order valence-electron chi connectivity index (χ0n) is 30.8. The normalized spacial score (nSPS) is 12.4. The molecule has 3 aromatic heterocycles. The predicted molar refractivity (Wildman–Crippen MR) is 241 cm³/mol. The van der Waals surface area contributed by atoms with Gasteiger partial charge >= 0.3 is 0 Å². The van der Waals surface area contributed by atoms with Crippen molar-refractivity contribution in [3.05, 3.63) is 182 Å². The van der Waals surface area contributed by atoms with Crippen LogP contribution in [0.5, 0.6) is 0 Å². The molecular formula is C51H30N4OS2. The number of fused-ring (bicyclic) bond motifs is 8. The molecule has 0 N–H and O–H groups in total. The molecule has 0 bridgehead atoms. The summed E-state index contributed by atoms with van der Waals surface area (Å²) in [5.74, 6) is 1.87. The number of aromatic nitrogens is 3. The van der Waals surface area contributed by atoms with E-state index in [0.717, 1.165) is 65.8 Å². The van der Waals surface area contributed by atoms with Crippen molar-refractivity contribution in [2.45, 2.75) is 9.79 Å². The minimum absolute atomic E-state index is 0.595. The molecule has 5 nitrogen and oxygen atoms in total. The summed E-state index contributed by atoms with van der Waals surface area (Å²) in [6.45, 7) is 0. The van der Waals surface area contributed by atoms with Gasteiger partial charge in [-0.05, 0) is 77.9 Å². The molecule has 1 aliphatic rings. The van der Waals surface area contributed by atoms with Gasteiger partial charge in [0.1, 0.15) is 11.2 Å². The summed E-state index contributed by atoms with van der Waals surface area (Å²) in [6, 6.07) is 63.8. The van der Waals surface area contributed by atoms with Gasteiger partial charge in [-0.3, -0.25) is 0 Å². The molecule has 0 amide bonds. The first-order valence-corrected chi connectivity index (χ1v) is 20.8. The Bertz CT molecular complexity index is 3390. The van der Waals surface area contributed by atoms with Crippen LogP contribution in [0.4, 0.5) is 17.1 Å². The fourth-order valence-electron chi connectivity index (χ4n) is 8.25. The fourth-order valence-corrected chi connectivity index (χ4v) is 10.5. The first kappa shape index (κ1) is 33.1. The van der Waals surface area contributed by atoms with Crippen molar-refractivity contribution in [2.75, 3.05) is 4.90 Å². The zero-order valence-corrected chi connectivity index (χ0v) is 32.5. The third-order valence-electron chi connectivity index (χ3n) is 10.9. The molecule has 0 unspecified atom stereocenters. The van der Waals surface area contributed by atoms with Crippen molar-refractivity contribution in [1.82, 2.24) is 15.0 Å². The van der Waals surface area contributed by atoms with E-state index in [0.29, 0.717) is 17.5 Å². The van der Waals surface area contributed by atoms with Gasteiger partial charge < -0.3 is 9.32 Å². The number of nitrogens with zero attached hydrogens (tertiary/aromatic N) is 4. The Labute approximate surface area is 341 Å². The highest BCUT2D eigenvalue weighted by Gasteiger charge is 2.26. The summed E-state index contributed by atoms with van der Waals surface area (Å²) < 4.78 is 9.07. The van der Waals surface area contributed by atoms with Gasteiger partial charge in [-0.15, -0.1) is 11.3 Å². The lowest BCUT2D eigenvalue weighted by molar-refractivity contribution is 0.669. The van der Waals surface area contributed by atoms with Crippen LogP contribution >= 0.6 is 23.1 Å². The Hall–Kier alpha value is -7.06. The molecule has 0 atom stereocenters. The van der Waals surface area contributed by atoms with Crippen LogP contribution in [0.2, 0.25) is 0 Å². The summed E-state index contributed by atoms with van der Waals surface area (Å²) in [6.07, 6.45) is 0. The maximum Gasteiger partial charge on any atom is 0.165 e. The van der Waals surface area contributed by atoms with E-state index in [1.165, 1.54) is 31.0 Å². The molecule has 7 heteroatoms. The lowest BCUT2D eigenvalue weighted by Gasteiger charge is -2.33. The average Bonchev–Trinajstić information content (AvgIpc) is 3.87. The van der Waals surface area contributed by atoms with E-state index in [1.807, 2.05) is 42.1 Å². The van der Waals surface area contributed by atoms with Gasteiger partial charge in [0.05, 0.1) is 11.4 Å². The molecule has 4 heterocycles. The van der Waals surface area contributed by atoms with E-state index in [9.17, 15) is 0 Å². The molecule has 0 fully saturated rings. The Kier molecular flexibility index (Phi) is 7.58. The van der Waals surface area contributed by atoms with Gasteiger partial charge in [0.25, 0.3) is 0 Å². The molecule has 272 valence electrons. The maximum absolute atomic E-state index is 6.66. The van der Waals surface area contributed by atoms with Crippen molar-refractivity contribution >= 4 is 82.3 Å². The van der Waals surface area contributed by atoms with E-state index < -0.39 is 0 Å². The van der Waals surface area contributed by atoms with Crippen molar-refractivity contribution < 1.29 is 4.42 Å². The van der Waals surface area contributed by atoms with Crippen LogP contribution in [-0.4, -0.2) is 15.0 Å². The van der Waals surface area contributed by atoms with E-state index in [4.69, 9.17) is 19.4 Å². The summed E-state index contributed by atoms with van der Waals surface area (Å²) in [4.78, 5) is 20.2. The fraction of sp³-hybridized carbons (Fsp3) is 0. The first-order valence-electron chi connectivity index (χ1n) is 19.2. The minimum Gasteiger partial charge on any atom is -0.456 e. The van der Waals surface area contributed by atoms with Crippen molar-refractivity contribution in [3.63, 3.8) is 0 Å². The quantitative estimate of drug-likeness (QED) is 0.173. The average molecular weight is 779 g/mol. The lowest BCUT2D eigenvalue weighted by Crippen LogP contribution is -2.14. The number of hydrogen-bond donors (Lipinski definition) is 0. The molecule has 8 aromatic carbocycles. The molecule has 58 heavy (non-hydrogen) atoms. The molecule has 0 aliphatic carbocycles. The monoisotopic (exact) mass is 778 g/mol. The highest BCUT2D eigenvalue weighted by molar-refractivity contribution is 7.99. The van der Waals surface area contributed by atoms with Gasteiger partial charge in [-0.1, -0.05) is 127 Å². The molecular weight excluding hydrogens is 749 g/mol. The topological polar surface area (TPSA) is 55.1 Å². The van der Waals surface area contributed by atoms with Gasteiger partial charge in [0.2, 0.25) is 0 Å². The van der Waals surface area contributed by atoms with Crippen LogP contribution in [0.3, 0.4) is 0 Å². The van der Waals surface area contributed by atoms with Gasteiger partial charge in [-0.2, -0.15) is 0 Å². The van der Waals surface area contributed by atoms with Crippen LogP contribution in [-0.2, 0) is 0 Å². The van der Waals surface area contributed by atoms with Crippen LogP contribution in [0, 0.1) is 0 Å². The number of anilines is 3. The molecule has 11 aromatic rings. The highest BCUT2D eigenvalue weighted by atomic mass is 32.2. The van der Waals surface area contributed by atoms with Crippen LogP contribution in [0.25, 0.3) is 87.4 Å². The van der Waals surface area contributed by atoms with Crippen LogP contribution < -0.4 is 4.90 Å². The SMILES string of the molecule is c1ccc(-c2nc(-c3ccc4c(c3)oc3cccc(-c5ccc6c(c5)N(c5ccccc5)c5ccccc5S6)c34)nc(-c3cccc4c3sc3ccccc34)n2)cc1. The molecule has 0 saturated carbocycles. The summed E-state index contributed by atoms with van der Waals surface area (Å²) in [7, 11) is 0. The number of hydrogen-bond acceptors (Lipinski definition) is 7. The maximum atomic E-state index is 6.66. The Morgan fingerprint density at radius 1 is 0.431 bits per heavy atom. The van der Waals surface area contributed by atoms with E-state index in [1.54, 1.807) is 11.3 Å². The zero-order chi connectivity index (χ0) is 38.2. The summed E-state index contributed by atoms with van der Waals surface area (Å²) in [5, 5.41) is 4.57. The van der Waals surface area contributed by atoms with Gasteiger partial charge in [0.15, 0.2) is 17.5 Å². The molecule has 1 aliphatic heterocycles. The first-order chi connectivity index (χ1) is 28.7. The number of furan rings is 1. The number of thiophene rings is 1. The molecule has 0 saturated heterocycles. The largest absolute Gasteiger partial charge is 0.456 e. The Morgan fingerprint density at radius 3 is 2.02 bits per heavy atom. The molecule has 0 spiro atoms. The van der Waals surface area contributed by atoms with Crippen molar-refractivity contribution in [3.8, 4) is 45.3 Å². The van der Waals surface area contributed by atoms with E-state index >= 15 is 0 Å². The minimum atomic E-state index is 0.595. The van der Waals surface area contributed by atoms with Gasteiger partial charge in [-0.25, -0.2) is 15.0 Å². The smallest absolute Gasteiger partial charge is 0.165 e. The number of rotatable bonds is 5. The van der Waals surface area contributed by atoms with Crippen molar-refractivity contribution in [2.24, 2.45) is 0 Å². The standard InChI is InChI=1S/C51H30N4OS2/c1-3-13-31(14-4-1)49-52-50(54-51(53-49)39-20-11-19-37-36-17-7-9-23-44(36)58-48(37)39)33-25-27-38-43(30-33)56-42-22-12-18-35(47(38)42)32-26-28-46-41(29-32)55(34-15-5-2-6-16-34)40-21-8-10-24-45(40)57-46/h1-30H. The lowest BCUT2D eigenvalue weighted by atomic mass is 9.98. The van der Waals surface area contributed by atoms with Crippen LogP contribution in [0.1, 0.15) is 0 Å². The number of benzene rings is 8. The highest BCUT2D eigenvalue weighted by Crippen LogP contribution is 2.52. The second kappa shape index (κ2) is 13.3. The van der Waals surface area contributed by atoms with E-state index in [-0.39, 0.29) is 0 Å². The predicted octanol–water partition coefficient (Wildman–Crippen LogP) is 14.7.